The molecule has 1 unspecified atom stereocenters. The van der Waals surface area contributed by atoms with Crippen LogP contribution in [0, 0.1) is 5.92 Å². The van der Waals surface area contributed by atoms with Crippen LogP contribution in [-0.4, -0.2) is 37.1 Å². The maximum atomic E-state index is 3.50. The predicted molar refractivity (Wildman–Crippen MR) is 69.7 cm³/mol. The Morgan fingerprint density at radius 2 is 1.88 bits per heavy atom. The van der Waals surface area contributed by atoms with Crippen molar-refractivity contribution >= 4 is 0 Å². The van der Waals surface area contributed by atoms with Crippen molar-refractivity contribution in [3.63, 3.8) is 0 Å². The largest absolute Gasteiger partial charge is 0.317 e. The number of hydrogen-bond acceptors (Lipinski definition) is 2. The second-order valence-electron chi connectivity index (χ2n) is 5.54. The first-order chi connectivity index (χ1) is 7.92. The van der Waals surface area contributed by atoms with E-state index in [0.29, 0.717) is 0 Å². The lowest BCUT2D eigenvalue weighted by atomic mass is 9.87. The number of likely N-dealkylation sites (tertiary alicyclic amines) is 1. The van der Waals surface area contributed by atoms with Crippen LogP contribution in [0.15, 0.2) is 0 Å². The van der Waals surface area contributed by atoms with Crippen LogP contribution >= 0.6 is 0 Å². The van der Waals surface area contributed by atoms with Crippen LogP contribution in [-0.2, 0) is 0 Å². The summed E-state index contributed by atoms with van der Waals surface area (Å²) in [5, 5.41) is 3.50. The number of hydrogen-bond donors (Lipinski definition) is 1. The molecule has 2 nitrogen and oxygen atoms in total. The molecule has 2 rings (SSSR count). The Bertz CT molecular complexity index is 187. The van der Waals surface area contributed by atoms with Crippen molar-refractivity contribution in [3.8, 4) is 0 Å². The zero-order valence-corrected chi connectivity index (χ0v) is 10.9. The fourth-order valence-corrected chi connectivity index (χ4v) is 3.52. The first-order valence-corrected chi connectivity index (χ1v) is 7.36. The van der Waals surface area contributed by atoms with Crippen LogP contribution in [0.25, 0.3) is 0 Å². The Balaban J connectivity index is 1.94. The zero-order chi connectivity index (χ0) is 11.2. The molecule has 2 heterocycles. The van der Waals surface area contributed by atoms with Gasteiger partial charge in [-0.25, -0.2) is 0 Å². The van der Waals surface area contributed by atoms with Gasteiger partial charge in [0.25, 0.3) is 0 Å². The van der Waals surface area contributed by atoms with Crippen LogP contribution in [0.2, 0.25) is 0 Å². The normalized spacial score (nSPS) is 30.2. The molecule has 1 N–H and O–H groups in total. The number of rotatable bonds is 3. The molecule has 94 valence electrons. The van der Waals surface area contributed by atoms with Gasteiger partial charge in [0, 0.05) is 6.04 Å². The summed E-state index contributed by atoms with van der Waals surface area (Å²) < 4.78 is 0. The monoisotopic (exact) mass is 224 g/mol. The third-order valence-corrected chi connectivity index (χ3v) is 4.35. The van der Waals surface area contributed by atoms with Gasteiger partial charge in [0.05, 0.1) is 0 Å². The van der Waals surface area contributed by atoms with Gasteiger partial charge in [0.15, 0.2) is 0 Å². The van der Waals surface area contributed by atoms with E-state index in [1.807, 2.05) is 0 Å². The van der Waals surface area contributed by atoms with Crippen molar-refractivity contribution in [2.45, 2.75) is 57.9 Å². The molecule has 0 bridgehead atoms. The van der Waals surface area contributed by atoms with Crippen LogP contribution in [0.3, 0.4) is 0 Å². The van der Waals surface area contributed by atoms with Crippen LogP contribution in [0.1, 0.15) is 51.9 Å². The molecule has 0 aromatic rings. The highest BCUT2D eigenvalue weighted by molar-refractivity contribution is 4.84. The van der Waals surface area contributed by atoms with Gasteiger partial charge in [-0.15, -0.1) is 0 Å². The second-order valence-corrected chi connectivity index (χ2v) is 5.54. The molecule has 0 radical (unpaired) electrons. The van der Waals surface area contributed by atoms with Crippen LogP contribution < -0.4 is 5.32 Å². The molecular weight excluding hydrogens is 196 g/mol. The first-order valence-electron chi connectivity index (χ1n) is 7.36. The SMILES string of the molecule is CCCN1CCCCCC1C1CCNCC1. The molecule has 16 heavy (non-hydrogen) atoms. The number of piperidine rings is 1. The van der Waals surface area contributed by atoms with Crippen molar-refractivity contribution in [1.29, 1.82) is 0 Å². The Labute approximate surface area is 101 Å². The summed E-state index contributed by atoms with van der Waals surface area (Å²) in [6.45, 7) is 7.52. The van der Waals surface area contributed by atoms with Gasteiger partial charge in [-0.2, -0.15) is 0 Å². The minimum atomic E-state index is 0.907. The van der Waals surface area contributed by atoms with Crippen LogP contribution in [0.5, 0.6) is 0 Å². The quantitative estimate of drug-likeness (QED) is 0.793. The molecule has 2 saturated heterocycles. The summed E-state index contributed by atoms with van der Waals surface area (Å²) in [5.41, 5.74) is 0. The van der Waals surface area contributed by atoms with Crippen molar-refractivity contribution in [2.75, 3.05) is 26.2 Å². The van der Waals surface area contributed by atoms with Crippen molar-refractivity contribution < 1.29 is 0 Å². The van der Waals surface area contributed by atoms with Gasteiger partial charge in [0.2, 0.25) is 0 Å². The van der Waals surface area contributed by atoms with E-state index >= 15 is 0 Å². The van der Waals surface area contributed by atoms with E-state index in [4.69, 9.17) is 0 Å². The number of nitrogens with zero attached hydrogens (tertiary/aromatic N) is 1. The molecule has 2 heteroatoms. The van der Waals surface area contributed by atoms with E-state index in [0.717, 1.165) is 12.0 Å². The predicted octanol–water partition coefficient (Wildman–Crippen LogP) is 2.64. The van der Waals surface area contributed by atoms with Gasteiger partial charge in [-0.1, -0.05) is 19.8 Å². The smallest absolute Gasteiger partial charge is 0.0124 e. The van der Waals surface area contributed by atoms with Gasteiger partial charge in [0.1, 0.15) is 0 Å². The highest BCUT2D eigenvalue weighted by Gasteiger charge is 2.28. The Kier molecular flexibility index (Phi) is 5.11. The van der Waals surface area contributed by atoms with Gasteiger partial charge in [-0.3, -0.25) is 0 Å². The van der Waals surface area contributed by atoms with E-state index in [2.05, 4.69) is 17.1 Å². The fraction of sp³-hybridized carbons (Fsp3) is 1.00. The molecule has 2 aliphatic rings. The molecule has 2 aliphatic heterocycles. The summed E-state index contributed by atoms with van der Waals surface area (Å²) >= 11 is 0. The minimum absolute atomic E-state index is 0.907. The van der Waals surface area contributed by atoms with Gasteiger partial charge < -0.3 is 10.2 Å². The summed E-state index contributed by atoms with van der Waals surface area (Å²) in [6, 6.07) is 0.907. The maximum absolute atomic E-state index is 3.50. The van der Waals surface area contributed by atoms with E-state index < -0.39 is 0 Å². The van der Waals surface area contributed by atoms with Crippen molar-refractivity contribution in [2.24, 2.45) is 5.92 Å². The lowest BCUT2D eigenvalue weighted by Gasteiger charge is -2.38. The highest BCUT2D eigenvalue weighted by Crippen LogP contribution is 2.28. The van der Waals surface area contributed by atoms with E-state index in [9.17, 15) is 0 Å². The average Bonchev–Trinajstić information content (AvgIpc) is 2.56. The lowest BCUT2D eigenvalue weighted by molar-refractivity contribution is 0.122. The molecule has 0 amide bonds. The van der Waals surface area contributed by atoms with Crippen molar-refractivity contribution in [1.82, 2.24) is 10.2 Å². The summed E-state index contributed by atoms with van der Waals surface area (Å²) in [5.74, 6) is 0.978. The minimum Gasteiger partial charge on any atom is -0.317 e. The van der Waals surface area contributed by atoms with E-state index in [1.165, 1.54) is 71.1 Å². The first kappa shape index (κ1) is 12.4. The Morgan fingerprint density at radius 1 is 1.06 bits per heavy atom. The second kappa shape index (κ2) is 6.61. The molecule has 0 aromatic heterocycles. The summed E-state index contributed by atoms with van der Waals surface area (Å²) in [7, 11) is 0. The average molecular weight is 224 g/mol. The zero-order valence-electron chi connectivity index (χ0n) is 10.9. The summed E-state index contributed by atoms with van der Waals surface area (Å²) in [4.78, 5) is 2.81. The topological polar surface area (TPSA) is 15.3 Å². The summed E-state index contributed by atoms with van der Waals surface area (Å²) in [6.07, 6.45) is 9.96. The third kappa shape index (κ3) is 3.21. The molecule has 2 fully saturated rings. The highest BCUT2D eigenvalue weighted by atomic mass is 15.2. The standard InChI is InChI=1S/C14H28N2/c1-2-11-16-12-5-3-4-6-14(16)13-7-9-15-10-8-13/h13-15H,2-12H2,1H3. The lowest BCUT2D eigenvalue weighted by Crippen LogP contribution is -2.44. The van der Waals surface area contributed by atoms with E-state index in [1.54, 1.807) is 0 Å². The molecule has 0 saturated carbocycles. The molecule has 0 aromatic carbocycles. The fourth-order valence-electron chi connectivity index (χ4n) is 3.52. The molecule has 0 aliphatic carbocycles. The number of nitrogens with one attached hydrogen (secondary N) is 1. The maximum Gasteiger partial charge on any atom is 0.0124 e. The Hall–Kier alpha value is -0.0800. The Morgan fingerprint density at radius 3 is 2.62 bits per heavy atom. The third-order valence-electron chi connectivity index (χ3n) is 4.35. The van der Waals surface area contributed by atoms with Gasteiger partial charge >= 0.3 is 0 Å². The molecular formula is C14H28N2. The van der Waals surface area contributed by atoms with Gasteiger partial charge in [-0.05, 0) is 64.2 Å². The molecule has 1 atom stereocenters. The molecule has 0 spiro atoms. The van der Waals surface area contributed by atoms with Crippen molar-refractivity contribution in [3.05, 3.63) is 0 Å². The van der Waals surface area contributed by atoms with Crippen LogP contribution in [0.4, 0.5) is 0 Å². The van der Waals surface area contributed by atoms with E-state index in [-0.39, 0.29) is 0 Å².